The molecule has 0 unspecified atom stereocenters. The van der Waals surface area contributed by atoms with Crippen molar-refractivity contribution in [3.63, 3.8) is 0 Å². The first-order valence-corrected chi connectivity index (χ1v) is 4.58. The highest BCUT2D eigenvalue weighted by atomic mass is 16.6. The van der Waals surface area contributed by atoms with Crippen LogP contribution in [0.4, 0.5) is 0 Å². The molecule has 0 N–H and O–H groups in total. The number of hydrogen-bond acceptors (Lipinski definition) is 4. The SMILES string of the molecule is CCC=NOc1cc(OC)ccc1C#N. The standard InChI is InChI=1S/C11H12N2O2/c1-3-6-13-15-11-7-10(14-2)5-4-9(11)8-12/h4-7H,3H2,1-2H3. The summed E-state index contributed by atoms with van der Waals surface area (Å²) in [7, 11) is 1.56. The number of ether oxygens (including phenoxy) is 1. The quantitative estimate of drug-likeness (QED) is 0.558. The van der Waals surface area contributed by atoms with Crippen molar-refractivity contribution in [3.05, 3.63) is 23.8 Å². The van der Waals surface area contributed by atoms with Crippen LogP contribution in [0, 0.1) is 11.3 Å². The van der Waals surface area contributed by atoms with Crippen molar-refractivity contribution in [3.8, 4) is 17.6 Å². The molecule has 1 aromatic carbocycles. The molecule has 15 heavy (non-hydrogen) atoms. The Morgan fingerprint density at radius 3 is 2.93 bits per heavy atom. The van der Waals surface area contributed by atoms with Gasteiger partial charge in [-0.05, 0) is 18.6 Å². The molecule has 78 valence electrons. The van der Waals surface area contributed by atoms with Gasteiger partial charge in [0.25, 0.3) is 0 Å². The fourth-order valence-electron chi connectivity index (χ4n) is 0.966. The summed E-state index contributed by atoms with van der Waals surface area (Å²) in [6.45, 7) is 1.95. The number of oxime groups is 1. The Bertz CT molecular complexity index is 394. The highest BCUT2D eigenvalue weighted by molar-refractivity contribution is 5.56. The predicted octanol–water partition coefficient (Wildman–Crippen LogP) is 2.34. The average Bonchev–Trinajstić information content (AvgIpc) is 2.29. The van der Waals surface area contributed by atoms with Gasteiger partial charge in [0.1, 0.15) is 11.8 Å². The fourth-order valence-corrected chi connectivity index (χ4v) is 0.966. The highest BCUT2D eigenvalue weighted by Crippen LogP contribution is 2.24. The van der Waals surface area contributed by atoms with Crippen molar-refractivity contribution in [2.75, 3.05) is 7.11 Å². The molecule has 0 amide bonds. The van der Waals surface area contributed by atoms with Crippen molar-refractivity contribution < 1.29 is 9.57 Å². The maximum absolute atomic E-state index is 8.82. The van der Waals surface area contributed by atoms with Gasteiger partial charge < -0.3 is 9.57 Å². The predicted molar refractivity (Wildman–Crippen MR) is 57.1 cm³/mol. The molecule has 0 atom stereocenters. The molecule has 0 spiro atoms. The molecule has 0 aliphatic rings. The first-order valence-electron chi connectivity index (χ1n) is 4.58. The van der Waals surface area contributed by atoms with Gasteiger partial charge in [-0.2, -0.15) is 5.26 Å². The summed E-state index contributed by atoms with van der Waals surface area (Å²) < 4.78 is 5.02. The van der Waals surface area contributed by atoms with E-state index in [1.807, 2.05) is 13.0 Å². The molecule has 0 bridgehead atoms. The van der Waals surface area contributed by atoms with E-state index in [1.54, 1.807) is 31.5 Å². The van der Waals surface area contributed by atoms with Crippen LogP contribution in [0.2, 0.25) is 0 Å². The second-order valence-electron chi connectivity index (χ2n) is 2.76. The maximum atomic E-state index is 8.82. The van der Waals surface area contributed by atoms with Crippen molar-refractivity contribution in [1.82, 2.24) is 0 Å². The number of nitrogens with zero attached hydrogens (tertiary/aromatic N) is 2. The van der Waals surface area contributed by atoms with Crippen molar-refractivity contribution in [1.29, 1.82) is 5.26 Å². The number of benzene rings is 1. The summed E-state index contributed by atoms with van der Waals surface area (Å²) in [6.07, 6.45) is 2.41. The van der Waals surface area contributed by atoms with Crippen LogP contribution in [0.3, 0.4) is 0 Å². The smallest absolute Gasteiger partial charge is 0.179 e. The molecule has 0 aromatic heterocycles. The monoisotopic (exact) mass is 204 g/mol. The molecule has 0 fully saturated rings. The van der Waals surface area contributed by atoms with Gasteiger partial charge in [0.2, 0.25) is 0 Å². The molecular weight excluding hydrogens is 192 g/mol. The second kappa shape index (κ2) is 5.66. The maximum Gasteiger partial charge on any atom is 0.179 e. The first kappa shape index (κ1) is 11.1. The molecule has 0 saturated carbocycles. The van der Waals surface area contributed by atoms with Crippen molar-refractivity contribution in [2.45, 2.75) is 13.3 Å². The van der Waals surface area contributed by atoms with E-state index in [0.29, 0.717) is 17.1 Å². The normalized spacial score (nSPS) is 9.93. The zero-order valence-electron chi connectivity index (χ0n) is 8.73. The summed E-state index contributed by atoms with van der Waals surface area (Å²) in [6, 6.07) is 6.99. The van der Waals surface area contributed by atoms with E-state index in [9.17, 15) is 0 Å². The Balaban J connectivity index is 2.92. The molecule has 4 nitrogen and oxygen atoms in total. The van der Waals surface area contributed by atoms with E-state index in [2.05, 4.69) is 5.16 Å². The minimum absolute atomic E-state index is 0.404. The summed E-state index contributed by atoms with van der Waals surface area (Å²) in [5.41, 5.74) is 0.434. The topological polar surface area (TPSA) is 54.6 Å². The lowest BCUT2D eigenvalue weighted by molar-refractivity contribution is 0.337. The third-order valence-electron chi connectivity index (χ3n) is 1.72. The van der Waals surface area contributed by atoms with E-state index in [1.165, 1.54) is 0 Å². The Labute approximate surface area is 88.7 Å². The van der Waals surface area contributed by atoms with Crippen LogP contribution >= 0.6 is 0 Å². The van der Waals surface area contributed by atoms with Gasteiger partial charge in [0.05, 0.1) is 12.7 Å². The van der Waals surface area contributed by atoms with E-state index in [-0.39, 0.29) is 0 Å². The Hall–Kier alpha value is -2.02. The zero-order valence-corrected chi connectivity index (χ0v) is 8.73. The van der Waals surface area contributed by atoms with E-state index >= 15 is 0 Å². The second-order valence-corrected chi connectivity index (χ2v) is 2.76. The Kier molecular flexibility index (Phi) is 4.17. The highest BCUT2D eigenvalue weighted by Gasteiger charge is 2.04. The van der Waals surface area contributed by atoms with Gasteiger partial charge in [-0.3, -0.25) is 0 Å². The van der Waals surface area contributed by atoms with Crippen molar-refractivity contribution in [2.24, 2.45) is 5.16 Å². The minimum Gasteiger partial charge on any atom is -0.497 e. The fraction of sp³-hybridized carbons (Fsp3) is 0.273. The molecule has 0 aliphatic heterocycles. The Morgan fingerprint density at radius 2 is 2.33 bits per heavy atom. The Morgan fingerprint density at radius 1 is 1.53 bits per heavy atom. The van der Waals surface area contributed by atoms with Crippen molar-refractivity contribution >= 4 is 6.21 Å². The van der Waals surface area contributed by atoms with Gasteiger partial charge in [0, 0.05) is 12.3 Å². The van der Waals surface area contributed by atoms with Gasteiger partial charge >= 0.3 is 0 Å². The number of nitriles is 1. The lowest BCUT2D eigenvalue weighted by Crippen LogP contribution is -1.90. The van der Waals surface area contributed by atoms with Gasteiger partial charge in [0.15, 0.2) is 5.75 Å². The van der Waals surface area contributed by atoms with E-state index < -0.39 is 0 Å². The van der Waals surface area contributed by atoms with Crippen LogP contribution in [0.15, 0.2) is 23.4 Å². The van der Waals surface area contributed by atoms with Crippen LogP contribution in [0.1, 0.15) is 18.9 Å². The molecular formula is C11H12N2O2. The first-order chi connectivity index (χ1) is 7.31. The molecule has 1 rings (SSSR count). The molecule has 1 aromatic rings. The number of rotatable bonds is 4. The molecule has 0 heterocycles. The third kappa shape index (κ3) is 2.99. The van der Waals surface area contributed by atoms with Gasteiger partial charge in [-0.25, -0.2) is 0 Å². The third-order valence-corrected chi connectivity index (χ3v) is 1.72. The number of methoxy groups -OCH3 is 1. The van der Waals surface area contributed by atoms with Gasteiger partial charge in [-0.15, -0.1) is 0 Å². The number of hydrogen-bond donors (Lipinski definition) is 0. The largest absolute Gasteiger partial charge is 0.497 e. The summed E-state index contributed by atoms with van der Waals surface area (Å²) in [5.74, 6) is 1.04. The van der Waals surface area contributed by atoms with Crippen LogP contribution in [0.5, 0.6) is 11.5 Å². The minimum atomic E-state index is 0.404. The summed E-state index contributed by atoms with van der Waals surface area (Å²) in [4.78, 5) is 5.08. The molecule has 0 aliphatic carbocycles. The van der Waals surface area contributed by atoms with Gasteiger partial charge in [-0.1, -0.05) is 12.1 Å². The molecule has 4 heteroatoms. The summed E-state index contributed by atoms with van der Waals surface area (Å²) in [5, 5.41) is 12.5. The van der Waals surface area contributed by atoms with Crippen LogP contribution < -0.4 is 9.57 Å². The van der Waals surface area contributed by atoms with Crippen LogP contribution in [-0.2, 0) is 0 Å². The lowest BCUT2D eigenvalue weighted by Gasteiger charge is -2.03. The zero-order chi connectivity index (χ0) is 11.1. The lowest BCUT2D eigenvalue weighted by atomic mass is 10.2. The molecule has 0 saturated heterocycles. The van der Waals surface area contributed by atoms with Crippen LogP contribution in [0.25, 0.3) is 0 Å². The molecule has 0 radical (unpaired) electrons. The average molecular weight is 204 g/mol. The summed E-state index contributed by atoms with van der Waals surface area (Å²) >= 11 is 0. The van der Waals surface area contributed by atoms with E-state index in [4.69, 9.17) is 14.8 Å². The van der Waals surface area contributed by atoms with E-state index in [0.717, 1.165) is 6.42 Å². The van der Waals surface area contributed by atoms with Crippen LogP contribution in [-0.4, -0.2) is 13.3 Å².